The van der Waals surface area contributed by atoms with Gasteiger partial charge in [-0.05, 0) is 113 Å². The Kier molecular flexibility index (Phi) is 8.49. The van der Waals surface area contributed by atoms with E-state index in [2.05, 4.69) is 255 Å². The first-order valence-electron chi connectivity index (χ1n) is 22.1. The fourth-order valence-corrected chi connectivity index (χ4v) is 11.1. The summed E-state index contributed by atoms with van der Waals surface area (Å²) in [7, 11) is 0. The zero-order chi connectivity index (χ0) is 42.1. The maximum absolute atomic E-state index is 2.54. The molecule has 1 heteroatoms. The largest absolute Gasteiger partial charge is 0.310 e. The summed E-state index contributed by atoms with van der Waals surface area (Å²) in [4.78, 5) is 2.54. The van der Waals surface area contributed by atoms with Crippen molar-refractivity contribution in [2.45, 2.75) is 24.7 Å². The van der Waals surface area contributed by atoms with Gasteiger partial charge in [0.15, 0.2) is 0 Å². The third-order valence-electron chi connectivity index (χ3n) is 13.9. The molecule has 2 aliphatic rings. The summed E-state index contributed by atoms with van der Waals surface area (Å²) < 4.78 is 0. The molecule has 0 unspecified atom stereocenters. The molecule has 63 heavy (non-hydrogen) atoms. The second-order valence-electron chi connectivity index (χ2n) is 17.6. The van der Waals surface area contributed by atoms with Gasteiger partial charge in [-0.1, -0.05) is 220 Å². The molecule has 2 aliphatic carbocycles. The predicted octanol–water partition coefficient (Wildman–Crippen LogP) is 16.3. The Morgan fingerprint density at radius 2 is 0.873 bits per heavy atom. The molecule has 12 rings (SSSR count). The van der Waals surface area contributed by atoms with Gasteiger partial charge in [-0.25, -0.2) is 0 Å². The van der Waals surface area contributed by atoms with E-state index in [4.69, 9.17) is 0 Å². The summed E-state index contributed by atoms with van der Waals surface area (Å²) in [5, 5.41) is 2.58. The summed E-state index contributed by atoms with van der Waals surface area (Å²) in [5.41, 5.74) is 20.3. The van der Waals surface area contributed by atoms with Crippen LogP contribution in [0.2, 0.25) is 0 Å². The van der Waals surface area contributed by atoms with Crippen molar-refractivity contribution in [3.8, 4) is 44.5 Å². The predicted molar refractivity (Wildman–Crippen MR) is 264 cm³/mol. The average Bonchev–Trinajstić information content (AvgIpc) is 3.78. The number of benzene rings is 10. The van der Waals surface area contributed by atoms with Crippen molar-refractivity contribution in [3.63, 3.8) is 0 Å². The van der Waals surface area contributed by atoms with E-state index in [9.17, 15) is 0 Å². The molecule has 10 aromatic carbocycles. The number of para-hydroxylation sites is 1. The molecule has 10 aromatic rings. The van der Waals surface area contributed by atoms with Crippen LogP contribution >= 0.6 is 0 Å². The van der Waals surface area contributed by atoms with Crippen molar-refractivity contribution in [2.75, 3.05) is 4.90 Å². The summed E-state index contributed by atoms with van der Waals surface area (Å²) in [6, 6.07) is 87.9. The molecule has 0 aliphatic heterocycles. The Morgan fingerprint density at radius 1 is 0.333 bits per heavy atom. The Hall–Kier alpha value is -7.74. The molecule has 0 fully saturated rings. The second kappa shape index (κ2) is 14.4. The third kappa shape index (κ3) is 5.56. The van der Waals surface area contributed by atoms with Crippen molar-refractivity contribution in [1.82, 2.24) is 0 Å². The molecule has 0 saturated heterocycles. The van der Waals surface area contributed by atoms with Gasteiger partial charge in [0.2, 0.25) is 0 Å². The van der Waals surface area contributed by atoms with Crippen LogP contribution in [0.1, 0.15) is 47.2 Å². The van der Waals surface area contributed by atoms with E-state index in [-0.39, 0.29) is 5.41 Å². The average molecular weight is 804 g/mol. The van der Waals surface area contributed by atoms with Crippen molar-refractivity contribution >= 4 is 27.8 Å². The lowest BCUT2D eigenvalue weighted by Gasteiger charge is -2.35. The highest BCUT2D eigenvalue weighted by Crippen LogP contribution is 2.60. The normalized spacial score (nSPS) is 13.8. The minimum absolute atomic E-state index is 0.208. The van der Waals surface area contributed by atoms with Crippen LogP contribution in [-0.2, 0) is 10.8 Å². The molecule has 0 spiro atoms. The summed E-state index contributed by atoms with van der Waals surface area (Å²) in [6.07, 6.45) is 0. The van der Waals surface area contributed by atoms with Crippen molar-refractivity contribution in [1.29, 1.82) is 0 Å². The molecule has 0 N–H and O–H groups in total. The smallest absolute Gasteiger partial charge is 0.0714 e. The number of anilines is 3. The molecule has 0 aromatic heterocycles. The number of rotatable bonds is 7. The number of hydrogen-bond donors (Lipinski definition) is 0. The highest BCUT2D eigenvalue weighted by atomic mass is 15.1. The summed E-state index contributed by atoms with van der Waals surface area (Å²) in [5.74, 6) is 0. The zero-order valence-corrected chi connectivity index (χ0v) is 35.5. The van der Waals surface area contributed by atoms with Crippen LogP contribution in [0.25, 0.3) is 55.3 Å². The van der Waals surface area contributed by atoms with E-state index in [0.717, 1.165) is 17.1 Å². The van der Waals surface area contributed by atoms with Crippen molar-refractivity contribution < 1.29 is 0 Å². The van der Waals surface area contributed by atoms with Gasteiger partial charge in [0.25, 0.3) is 0 Å². The number of hydrogen-bond acceptors (Lipinski definition) is 1. The van der Waals surface area contributed by atoms with Crippen LogP contribution in [0, 0.1) is 0 Å². The van der Waals surface area contributed by atoms with E-state index >= 15 is 0 Å². The van der Waals surface area contributed by atoms with Gasteiger partial charge in [-0.2, -0.15) is 0 Å². The molecular formula is C62H45N. The lowest BCUT2D eigenvalue weighted by Crippen LogP contribution is -2.28. The maximum atomic E-state index is 2.54. The van der Waals surface area contributed by atoms with Gasteiger partial charge in [0, 0.05) is 22.4 Å². The van der Waals surface area contributed by atoms with E-state index in [1.54, 1.807) is 0 Å². The highest BCUT2D eigenvalue weighted by molar-refractivity contribution is 6.04. The third-order valence-corrected chi connectivity index (χ3v) is 13.9. The first kappa shape index (κ1) is 37.1. The van der Waals surface area contributed by atoms with E-state index < -0.39 is 5.41 Å². The van der Waals surface area contributed by atoms with Gasteiger partial charge in [0.05, 0.1) is 11.1 Å². The number of fused-ring (bicyclic) bond motifs is 8. The van der Waals surface area contributed by atoms with Crippen LogP contribution in [-0.4, -0.2) is 0 Å². The Bertz CT molecular complexity index is 3310. The monoisotopic (exact) mass is 803 g/mol. The van der Waals surface area contributed by atoms with Crippen LogP contribution in [0.3, 0.4) is 0 Å². The molecule has 0 heterocycles. The second-order valence-corrected chi connectivity index (χ2v) is 17.6. The van der Waals surface area contributed by atoms with Crippen molar-refractivity contribution in [2.24, 2.45) is 0 Å². The Balaban J connectivity index is 1.20. The highest BCUT2D eigenvalue weighted by Gasteiger charge is 2.47. The molecule has 1 nitrogen and oxygen atoms in total. The van der Waals surface area contributed by atoms with Gasteiger partial charge in [0.1, 0.15) is 0 Å². The maximum Gasteiger partial charge on any atom is 0.0714 e. The zero-order valence-electron chi connectivity index (χ0n) is 35.5. The minimum Gasteiger partial charge on any atom is -0.310 e. The first-order valence-corrected chi connectivity index (χ1v) is 22.1. The molecule has 298 valence electrons. The number of nitrogens with zero attached hydrogens (tertiary/aromatic N) is 1. The minimum atomic E-state index is -0.582. The molecule has 0 bridgehead atoms. The molecular weight excluding hydrogens is 759 g/mol. The van der Waals surface area contributed by atoms with Gasteiger partial charge >= 0.3 is 0 Å². The quantitative estimate of drug-likeness (QED) is 0.155. The van der Waals surface area contributed by atoms with Gasteiger partial charge in [-0.3, -0.25) is 0 Å². The topological polar surface area (TPSA) is 3.24 Å². The Morgan fingerprint density at radius 3 is 1.57 bits per heavy atom. The fraction of sp³-hybridized carbons (Fsp3) is 0.0645. The molecule has 0 atom stereocenters. The van der Waals surface area contributed by atoms with E-state index in [1.807, 2.05) is 0 Å². The fourth-order valence-electron chi connectivity index (χ4n) is 11.1. The molecule has 0 amide bonds. The first-order chi connectivity index (χ1) is 31.0. The van der Waals surface area contributed by atoms with Gasteiger partial charge in [-0.15, -0.1) is 0 Å². The van der Waals surface area contributed by atoms with Crippen LogP contribution < -0.4 is 4.90 Å². The summed E-state index contributed by atoms with van der Waals surface area (Å²) >= 11 is 0. The Labute approximate surface area is 370 Å². The van der Waals surface area contributed by atoms with Crippen molar-refractivity contribution in [3.05, 3.63) is 270 Å². The van der Waals surface area contributed by atoms with E-state index in [1.165, 1.54) is 88.7 Å². The molecule has 0 saturated carbocycles. The summed E-state index contributed by atoms with van der Waals surface area (Å²) in [6.45, 7) is 4.79. The lowest BCUT2D eigenvalue weighted by atomic mass is 9.67. The van der Waals surface area contributed by atoms with Crippen LogP contribution in [0.5, 0.6) is 0 Å². The lowest BCUT2D eigenvalue weighted by molar-refractivity contribution is 0.661. The van der Waals surface area contributed by atoms with Crippen LogP contribution in [0.4, 0.5) is 17.1 Å². The SMILES string of the molecule is CC1(C)c2cc(N(c3cc(-c4ccccc4)c4c(c3)C(c3ccccc3)(c3ccccc3)c3ccccc3-4)c3ccccc3-c3ccccc3)ccc2-c2c1ccc1ccccc21. The molecule has 0 radical (unpaired) electrons. The van der Waals surface area contributed by atoms with Crippen LogP contribution in [0.15, 0.2) is 237 Å². The van der Waals surface area contributed by atoms with E-state index in [0.29, 0.717) is 0 Å². The standard InChI is InChI=1S/C62H45N/c1-61(2)55-38-35-44-25-15-16-31-50(44)59(55)52-37-36-47(40-56(52)61)63(58-34-20-18-30-49(58)42-21-7-3-8-22-42)48-39-53(43-23-9-4-10-24-43)60-51-32-17-19-33-54(51)62(57(60)41-48,45-26-11-5-12-27-45)46-28-13-6-14-29-46/h3-41H,1-2H3. The van der Waals surface area contributed by atoms with Gasteiger partial charge < -0.3 is 4.90 Å².